The molecule has 2 unspecified atom stereocenters. The van der Waals surface area contributed by atoms with Gasteiger partial charge in [0.1, 0.15) is 22.2 Å². The van der Waals surface area contributed by atoms with Gasteiger partial charge in [0, 0.05) is 122 Å². The Morgan fingerprint density at radius 1 is 0.504 bits per heavy atom. The predicted octanol–water partition coefficient (Wildman–Crippen LogP) is 14.8. The number of hydrogen-bond donors (Lipinski definition) is 6. The van der Waals surface area contributed by atoms with Crippen LogP contribution in [-0.4, -0.2) is 175 Å². The number of nitrogens with two attached hydrogens (primary N) is 5. The number of amides is 7. The highest BCUT2D eigenvalue weighted by Gasteiger charge is 2.52. The Kier molecular flexibility index (Phi) is 28.4. The number of carbonyl (C=O) groups excluding carboxylic acids is 6. The highest BCUT2D eigenvalue weighted by molar-refractivity contribution is 9.10. The second-order valence-corrected chi connectivity index (χ2v) is 39.7. The highest BCUT2D eigenvalue weighted by Crippen LogP contribution is 2.51. The molecule has 1 saturated carbocycles. The number of methoxy groups -OCH3 is 1. The number of urea groups is 1. The van der Waals surface area contributed by atoms with Gasteiger partial charge in [0.2, 0.25) is 35.4 Å². The summed E-state index contributed by atoms with van der Waals surface area (Å²) < 4.78 is 7.90. The Bertz CT molecular complexity index is 6700. The van der Waals surface area contributed by atoms with Gasteiger partial charge in [0.25, 0.3) is 0 Å². The maximum atomic E-state index is 13.4. The number of halogens is 1. The van der Waals surface area contributed by atoms with Crippen LogP contribution in [-0.2, 0) is 53.2 Å². The number of fused-ring (bicyclic) bond motifs is 1. The molecule has 11 aromatic rings. The number of para-hydroxylation sites is 1. The van der Waals surface area contributed by atoms with Crippen LogP contribution in [0.1, 0.15) is 163 Å². The highest BCUT2D eigenvalue weighted by atomic mass is 79.9. The number of nitrogens with one attached hydrogen (secondary N) is 1. The van der Waals surface area contributed by atoms with Crippen LogP contribution in [0.25, 0.3) is 44.3 Å². The van der Waals surface area contributed by atoms with Crippen molar-refractivity contribution in [3.05, 3.63) is 250 Å². The minimum absolute atomic E-state index is 0.0264. The number of pyridine rings is 2. The van der Waals surface area contributed by atoms with Gasteiger partial charge < -0.3 is 43.6 Å². The van der Waals surface area contributed by atoms with Gasteiger partial charge in [-0.2, -0.15) is 26.1 Å². The molecule has 32 nitrogen and oxygen atoms in total. The Balaban J connectivity index is 0.000000137. The summed E-state index contributed by atoms with van der Waals surface area (Å²) in [5.41, 5.74) is 40.3. The van der Waals surface area contributed by atoms with E-state index in [-0.39, 0.29) is 83.1 Å². The van der Waals surface area contributed by atoms with E-state index in [0.29, 0.717) is 53.6 Å². The number of nitrogens with zero attached hydrogens (tertiary/aromatic N) is 19. The van der Waals surface area contributed by atoms with Crippen molar-refractivity contribution >= 4 is 132 Å². The number of aromatic nitrogens is 4. The number of carbonyl (C=O) groups is 6. The van der Waals surface area contributed by atoms with E-state index in [9.17, 15) is 28.8 Å². The quantitative estimate of drug-likeness (QED) is 0.0624. The summed E-state index contributed by atoms with van der Waals surface area (Å²) >= 11 is 7.98. The number of anilines is 1. The number of benzene rings is 5. The fourth-order valence-electron chi connectivity index (χ4n) is 17.8. The Labute approximate surface area is 815 Å². The monoisotopic (exact) mass is 1960 g/mol. The Hall–Kier alpha value is -14.8. The molecule has 137 heavy (non-hydrogen) atoms. The fourth-order valence-corrected chi connectivity index (χ4v) is 21.4. The number of thiophene rings is 3. The molecule has 2 fully saturated rings. The van der Waals surface area contributed by atoms with E-state index in [1.165, 1.54) is 65.6 Å². The van der Waals surface area contributed by atoms with Crippen molar-refractivity contribution in [2.75, 3.05) is 60.8 Å². The molecule has 1 aliphatic carbocycles. The molecule has 0 bridgehead atoms. The van der Waals surface area contributed by atoms with Gasteiger partial charge in [-0.3, -0.25) is 58.1 Å². The third-order valence-electron chi connectivity index (χ3n) is 27.0. The molecule has 36 heteroatoms. The first kappa shape index (κ1) is 98.2. The first-order valence-corrected chi connectivity index (χ1v) is 47.6. The van der Waals surface area contributed by atoms with Crippen LogP contribution in [0.15, 0.2) is 210 Å². The van der Waals surface area contributed by atoms with Crippen LogP contribution >= 0.6 is 49.9 Å². The number of hydrogen-bond acceptors (Lipinski definition) is 27. The molecule has 5 aromatic carbocycles. The summed E-state index contributed by atoms with van der Waals surface area (Å²) in [6.45, 7) is 16.6. The summed E-state index contributed by atoms with van der Waals surface area (Å²) in [6.07, 6.45) is 11.7. The molecule has 18 rings (SSSR count). The predicted molar refractivity (Wildman–Crippen MR) is 536 cm³/mol. The van der Waals surface area contributed by atoms with Crippen molar-refractivity contribution in [2.45, 2.75) is 133 Å². The van der Waals surface area contributed by atoms with E-state index >= 15 is 0 Å². The molecule has 11 N–H and O–H groups in total. The van der Waals surface area contributed by atoms with Crippen molar-refractivity contribution in [3.63, 3.8) is 0 Å². The normalized spacial score (nSPS) is 23.5. The number of guanidine groups is 5. The summed E-state index contributed by atoms with van der Waals surface area (Å²) in [5.74, 6) is 0.294. The molecular formula is C101H106BrN25O7S3. The number of likely N-dealkylation sites (N-methyl/N-ethyl adjacent to an activating group) is 2. The van der Waals surface area contributed by atoms with E-state index in [1.54, 1.807) is 115 Å². The molecular weight excluding hydrogens is 1850 g/mol. The van der Waals surface area contributed by atoms with E-state index < -0.39 is 39.5 Å². The number of aliphatic imine (C=N–C) groups is 5. The van der Waals surface area contributed by atoms with Gasteiger partial charge in [0.15, 0.2) is 29.8 Å². The Morgan fingerprint density at radius 3 is 1.45 bits per heavy atom. The molecule has 1 saturated heterocycles. The lowest BCUT2D eigenvalue weighted by Gasteiger charge is -2.43. The maximum absolute atomic E-state index is 13.4. The lowest BCUT2D eigenvalue weighted by Crippen LogP contribution is -2.55. The third kappa shape index (κ3) is 19.9. The maximum Gasteiger partial charge on any atom is 0.321 e. The van der Waals surface area contributed by atoms with E-state index in [0.717, 1.165) is 104 Å². The summed E-state index contributed by atoms with van der Waals surface area (Å²) in [4.78, 5) is 120. The van der Waals surface area contributed by atoms with Gasteiger partial charge in [-0.25, -0.2) is 34.7 Å². The van der Waals surface area contributed by atoms with Crippen molar-refractivity contribution in [2.24, 2.45) is 78.4 Å². The van der Waals surface area contributed by atoms with Crippen LogP contribution in [0.3, 0.4) is 0 Å². The van der Waals surface area contributed by atoms with Gasteiger partial charge in [-0.15, -0.1) is 34.0 Å². The van der Waals surface area contributed by atoms with Gasteiger partial charge >= 0.3 is 6.03 Å². The number of rotatable bonds is 13. The van der Waals surface area contributed by atoms with Crippen LogP contribution in [0.4, 0.5) is 10.5 Å². The number of likely N-dealkylation sites (tertiary alicyclic amines) is 1. The average Bonchev–Trinajstić information content (AvgIpc) is 1.70. The molecule has 10 atom stereocenters. The van der Waals surface area contributed by atoms with Crippen molar-refractivity contribution in [3.8, 4) is 63.5 Å². The molecule has 12 heterocycles. The first-order valence-electron chi connectivity index (χ1n) is 44.2. The van der Waals surface area contributed by atoms with Gasteiger partial charge in [-0.1, -0.05) is 74.5 Å². The van der Waals surface area contributed by atoms with Crippen LogP contribution in [0, 0.1) is 70.0 Å². The van der Waals surface area contributed by atoms with Crippen molar-refractivity contribution in [1.29, 1.82) is 21.0 Å². The second kappa shape index (κ2) is 39.6. The van der Waals surface area contributed by atoms with E-state index in [1.807, 2.05) is 161 Å². The van der Waals surface area contributed by atoms with Gasteiger partial charge in [-0.05, 0) is 234 Å². The smallest absolute Gasteiger partial charge is 0.321 e. The van der Waals surface area contributed by atoms with E-state index in [4.69, 9.17) is 64.4 Å². The van der Waals surface area contributed by atoms with Crippen molar-refractivity contribution < 1.29 is 33.5 Å². The number of ether oxygens (including phenoxy) is 1. The SMILES string of the molecule is CN1C(=O)[C@@H](c2ccc(C3CC3)cc2)[C@@](C)(c2ccc3cnn(C)c3c2)N=C1N.COc1ccc(C2C(=O)N(C)C(N)=N[C@]2(C)c2cc(-c3cncc(Br)c3)cs2)cn1.C[C@@H]1C(=O)N(C)C(N)=N[C@]1(C)c1cc(-c2cc(C#N)cc(C#N)c2)cs1.C[C@H]1C(=O)N(C)C(N)=N[C@]1(C)c1cc(-c2cc(C#N)cc(C#N)c2)cs1.Cc1ccccc1NC(=O)N1CCCC([C@]2(C)CC(=O)N(C)C(N)=N2)C1. The topological polar surface area (TPSA) is 474 Å². The molecule has 702 valence electrons. The zero-order valence-corrected chi connectivity index (χ0v) is 82.6. The van der Waals surface area contributed by atoms with E-state index in [2.05, 4.69) is 106 Å². The molecule has 7 amide bonds. The molecule has 0 spiro atoms. The average molecular weight is 1960 g/mol. The second-order valence-electron chi connectivity index (χ2n) is 36.0. The zero-order chi connectivity index (χ0) is 98.8. The summed E-state index contributed by atoms with van der Waals surface area (Å²) in [6, 6.07) is 52.2. The molecule has 6 aliphatic heterocycles. The molecule has 0 radical (unpaired) electrons. The lowest BCUT2D eigenvalue weighted by molar-refractivity contribution is -0.134. The standard InChI is InChI=1S/C23H25N5O.C21H20BrN5O2S.C19H27N5O2.2C19H17N5OS/c1-23(18-11-10-17-13-25-28(3)19(17)12-18)20(21(29)27(2)22(24)26-23)16-8-6-15(7-9-16)14-4-5-14;1-21(16-7-14(11-30-16)13-6-15(22)10-24-8-13)18(19(28)27(2)20(23)26-21)12-4-5-17(29-3)25-9-12;1-13-7-4-5-9-15(13)21-18(26)24-10-6-8-14(12-24)19(2)11-16(25)23(3)17(20)22-19;2*1-11-17(25)24(3)18(22)23-19(11,2)16-7-15(10-26-16)14-5-12(8-20)4-13(6-14)9-21/h6-14,20H,4-5H2,1-3H3,(H2,24,26);4-11,18H,1-3H3,(H2,23,26);4-5,7,9,14H,6,8,10-12H2,1-3H3,(H2,20,22)(H,21,26);2*4-7,10-11H,1-3H3,(H2,22,23)/t20-,23-;18?,21-;14?,19-;11-,19+;11-,19-/m11010/s1. The molecule has 7 aliphatic rings. The van der Waals surface area contributed by atoms with Crippen LogP contribution in [0.2, 0.25) is 0 Å². The van der Waals surface area contributed by atoms with Gasteiger partial charge in [0.05, 0.1) is 101 Å². The number of nitriles is 4. The Morgan fingerprint density at radius 2 is 0.971 bits per heavy atom. The zero-order valence-electron chi connectivity index (χ0n) is 78.6. The minimum atomic E-state index is -0.869. The fraction of sp³-hybridized carbons (Fsp3) is 0.327. The summed E-state index contributed by atoms with van der Waals surface area (Å²) in [5, 5.41) is 51.0. The largest absolute Gasteiger partial charge is 0.481 e. The summed E-state index contributed by atoms with van der Waals surface area (Å²) in [7, 11) is 11.7. The van der Waals surface area contributed by atoms with Crippen LogP contribution in [0.5, 0.6) is 5.88 Å². The number of piperidine rings is 1. The lowest BCUT2D eigenvalue weighted by atomic mass is 9.74. The molecule has 6 aromatic heterocycles. The first-order chi connectivity index (χ1) is 65.1. The number of aryl methyl sites for hydroxylation is 2. The third-order valence-corrected chi connectivity index (χ3v) is 30.9. The minimum Gasteiger partial charge on any atom is -0.481 e. The van der Waals surface area contributed by atoms with Crippen molar-refractivity contribution in [1.82, 2.24) is 49.1 Å². The van der Waals surface area contributed by atoms with Crippen LogP contribution < -0.4 is 38.7 Å².